The summed E-state index contributed by atoms with van der Waals surface area (Å²) in [5.74, 6) is 6.24. The maximum atomic E-state index is 6.75. The monoisotopic (exact) mass is 809 g/mol. The fraction of sp³-hybridized carbons (Fsp3) is 0.424. The zero-order chi connectivity index (χ0) is 41.5. The molecule has 0 amide bonds. The van der Waals surface area contributed by atoms with E-state index in [4.69, 9.17) is 9.47 Å². The summed E-state index contributed by atoms with van der Waals surface area (Å²) in [4.78, 5) is 0. The molecule has 0 N–H and O–H groups in total. The number of fused-ring (bicyclic) bond motifs is 2. The molecule has 3 saturated carbocycles. The van der Waals surface area contributed by atoms with Crippen molar-refractivity contribution in [3.05, 3.63) is 154 Å². The van der Waals surface area contributed by atoms with Crippen LogP contribution in [0.3, 0.4) is 0 Å². The molecule has 0 atom stereocenters. The van der Waals surface area contributed by atoms with E-state index in [0.717, 1.165) is 47.3 Å². The normalized spacial score (nSPS) is 22.5. The van der Waals surface area contributed by atoms with Crippen molar-refractivity contribution < 1.29 is 9.47 Å². The molecule has 5 aliphatic rings. The second kappa shape index (κ2) is 19.5. The Morgan fingerprint density at radius 3 is 1.49 bits per heavy atom. The highest BCUT2D eigenvalue weighted by molar-refractivity contribution is 5.81. The minimum absolute atomic E-state index is 0.743. The van der Waals surface area contributed by atoms with E-state index >= 15 is 0 Å². The van der Waals surface area contributed by atoms with Gasteiger partial charge in [-0.25, -0.2) is 0 Å². The fourth-order valence-corrected chi connectivity index (χ4v) is 11.2. The lowest BCUT2D eigenvalue weighted by atomic mass is 9.76. The molecular weight excluding hydrogens is 741 g/mol. The Bertz CT molecular complexity index is 2270. The molecule has 2 heteroatoms. The van der Waals surface area contributed by atoms with Gasteiger partial charge in [-0.3, -0.25) is 0 Å². The Hall–Kier alpha value is -4.82. The number of hydrogen-bond acceptors (Lipinski definition) is 2. The minimum Gasteiger partial charge on any atom is -0.497 e. The van der Waals surface area contributed by atoms with E-state index in [-0.39, 0.29) is 0 Å². The molecule has 0 spiro atoms. The van der Waals surface area contributed by atoms with Crippen LogP contribution in [0.4, 0.5) is 0 Å². The van der Waals surface area contributed by atoms with Crippen LogP contribution >= 0.6 is 0 Å². The van der Waals surface area contributed by atoms with E-state index in [1.54, 1.807) is 35.0 Å². The quantitative estimate of drug-likeness (QED) is 0.155. The summed E-state index contributed by atoms with van der Waals surface area (Å²) in [7, 11) is 1.70. The Balaban J connectivity index is 0.000000191. The van der Waals surface area contributed by atoms with E-state index in [1.807, 2.05) is 12.1 Å². The zero-order valence-corrected chi connectivity index (χ0v) is 37.3. The first-order chi connectivity index (χ1) is 30.0. The van der Waals surface area contributed by atoms with E-state index < -0.39 is 0 Å². The predicted octanol–water partition coefficient (Wildman–Crippen LogP) is 17.0. The van der Waals surface area contributed by atoms with Crippen molar-refractivity contribution in [2.75, 3.05) is 7.11 Å². The summed E-state index contributed by atoms with van der Waals surface area (Å²) < 4.78 is 12.0. The van der Waals surface area contributed by atoms with Gasteiger partial charge >= 0.3 is 0 Å². The number of hydrogen-bond donors (Lipinski definition) is 0. The first kappa shape index (κ1) is 41.5. The van der Waals surface area contributed by atoms with Crippen LogP contribution in [0.1, 0.15) is 156 Å². The average molecular weight is 809 g/mol. The van der Waals surface area contributed by atoms with Crippen molar-refractivity contribution in [3.63, 3.8) is 0 Å². The van der Waals surface area contributed by atoms with Crippen LogP contribution in [0.15, 0.2) is 126 Å². The van der Waals surface area contributed by atoms with E-state index in [9.17, 15) is 0 Å². The highest BCUT2D eigenvalue weighted by Crippen LogP contribution is 2.47. The Morgan fingerprint density at radius 1 is 0.443 bits per heavy atom. The van der Waals surface area contributed by atoms with Crippen LogP contribution in [-0.4, -0.2) is 7.11 Å². The van der Waals surface area contributed by atoms with Gasteiger partial charge in [0, 0.05) is 5.56 Å². The molecule has 5 aromatic rings. The van der Waals surface area contributed by atoms with Gasteiger partial charge in [-0.15, -0.1) is 0 Å². The minimum atomic E-state index is 0.743. The summed E-state index contributed by atoms with van der Waals surface area (Å²) in [6.45, 7) is 4.78. The van der Waals surface area contributed by atoms with Gasteiger partial charge in [-0.05, 0) is 205 Å². The summed E-state index contributed by atoms with van der Waals surface area (Å²) in [5.41, 5.74) is 17.5. The molecule has 0 radical (unpaired) electrons. The van der Waals surface area contributed by atoms with Crippen LogP contribution in [0.5, 0.6) is 17.2 Å². The van der Waals surface area contributed by atoms with Gasteiger partial charge in [0.2, 0.25) is 0 Å². The van der Waals surface area contributed by atoms with Crippen molar-refractivity contribution in [1.29, 1.82) is 0 Å². The average Bonchev–Trinajstić information content (AvgIpc) is 3.32. The fourth-order valence-electron chi connectivity index (χ4n) is 11.2. The highest BCUT2D eigenvalue weighted by Gasteiger charge is 2.27. The first-order valence-corrected chi connectivity index (χ1v) is 24.2. The van der Waals surface area contributed by atoms with Crippen molar-refractivity contribution in [2.24, 2.45) is 11.8 Å². The van der Waals surface area contributed by atoms with Gasteiger partial charge in [-0.2, -0.15) is 0 Å². The van der Waals surface area contributed by atoms with Crippen LogP contribution in [0.2, 0.25) is 0 Å². The van der Waals surface area contributed by atoms with E-state index in [1.165, 1.54) is 148 Å². The second-order valence-corrected chi connectivity index (χ2v) is 19.2. The summed E-state index contributed by atoms with van der Waals surface area (Å²) in [5, 5.41) is 0. The van der Waals surface area contributed by atoms with Gasteiger partial charge < -0.3 is 9.47 Å². The lowest BCUT2D eigenvalue weighted by Crippen LogP contribution is -2.12. The van der Waals surface area contributed by atoms with Crippen LogP contribution in [-0.2, 0) is 12.8 Å². The third kappa shape index (κ3) is 9.80. The standard InChI is InChI=1S/C39H44O.C20H24O/c1-27-13-15-28(16-14-27)29-17-19-30(20-18-29)31-21-24-34(25-22-31)40-38-26-23-33-8-3-5-11-36(33)39(38)37-12-6-9-32-7-2-4-10-35(32)37;1-15-3-5-16(6-4-15)17-7-9-18(10-8-17)19-11-13-20(21-2)14-12-19/h9,17-28H,2-8,10-16H2,1H3;7-16H,3-6H2,1-2H3. The molecule has 0 heterocycles. The van der Waals surface area contributed by atoms with Crippen LogP contribution in [0.25, 0.3) is 27.8 Å². The van der Waals surface area contributed by atoms with Crippen molar-refractivity contribution in [1.82, 2.24) is 0 Å². The lowest BCUT2D eigenvalue weighted by Gasteiger charge is -2.30. The molecule has 0 unspecified atom stereocenters. The maximum Gasteiger partial charge on any atom is 0.135 e. The van der Waals surface area contributed by atoms with E-state index in [2.05, 4.69) is 117 Å². The molecule has 5 aromatic carbocycles. The molecule has 316 valence electrons. The molecule has 61 heavy (non-hydrogen) atoms. The smallest absolute Gasteiger partial charge is 0.135 e. The Morgan fingerprint density at radius 2 is 0.934 bits per heavy atom. The SMILES string of the molecule is CC1CCC(c2ccc(-c3ccc(Oc4ccc5c(c4C4=C6CCCCC6=CCC4)CCCC5)cc3)cc2)CC1.COc1ccc(-c2ccc(C3CCC(C)CC3)cc2)cc1. The third-order valence-electron chi connectivity index (χ3n) is 15.1. The molecule has 0 bridgehead atoms. The van der Waals surface area contributed by atoms with Gasteiger partial charge in [0.1, 0.15) is 17.2 Å². The van der Waals surface area contributed by atoms with Crippen molar-refractivity contribution >= 4 is 5.57 Å². The van der Waals surface area contributed by atoms with E-state index in [0.29, 0.717) is 0 Å². The number of methoxy groups -OCH3 is 1. The molecule has 3 fully saturated rings. The summed E-state index contributed by atoms with van der Waals surface area (Å²) >= 11 is 0. The topological polar surface area (TPSA) is 18.5 Å². The lowest BCUT2D eigenvalue weighted by molar-refractivity contribution is 0.348. The number of rotatable bonds is 8. The number of allylic oxidation sites excluding steroid dienone is 4. The Labute approximate surface area is 367 Å². The molecule has 5 aliphatic carbocycles. The highest BCUT2D eigenvalue weighted by atomic mass is 16.5. The molecule has 10 rings (SSSR count). The predicted molar refractivity (Wildman–Crippen MR) is 257 cm³/mol. The molecular formula is C59H68O2. The van der Waals surface area contributed by atoms with Crippen molar-refractivity contribution in [2.45, 2.75) is 141 Å². The second-order valence-electron chi connectivity index (χ2n) is 19.2. The molecule has 0 aliphatic heterocycles. The van der Waals surface area contributed by atoms with Crippen LogP contribution in [0, 0.1) is 11.8 Å². The first-order valence-electron chi connectivity index (χ1n) is 24.2. The summed E-state index contributed by atoms with van der Waals surface area (Å²) in [6.07, 6.45) is 25.9. The van der Waals surface area contributed by atoms with Crippen LogP contribution < -0.4 is 9.47 Å². The van der Waals surface area contributed by atoms with Crippen molar-refractivity contribution in [3.8, 4) is 39.5 Å². The number of ether oxygens (including phenoxy) is 2. The number of benzene rings is 5. The van der Waals surface area contributed by atoms with Gasteiger partial charge in [0.05, 0.1) is 7.11 Å². The number of aryl methyl sites for hydroxylation is 1. The summed E-state index contributed by atoms with van der Waals surface area (Å²) in [6, 6.07) is 40.2. The molecule has 0 aromatic heterocycles. The maximum absolute atomic E-state index is 6.75. The largest absolute Gasteiger partial charge is 0.497 e. The van der Waals surface area contributed by atoms with Gasteiger partial charge in [0.15, 0.2) is 0 Å². The Kier molecular flexibility index (Phi) is 13.3. The zero-order valence-electron chi connectivity index (χ0n) is 37.3. The molecule has 2 nitrogen and oxygen atoms in total. The van der Waals surface area contributed by atoms with Gasteiger partial charge in [0.25, 0.3) is 0 Å². The van der Waals surface area contributed by atoms with Gasteiger partial charge in [-0.1, -0.05) is 124 Å². The third-order valence-corrected chi connectivity index (χ3v) is 15.1. The molecule has 0 saturated heterocycles.